The topological polar surface area (TPSA) is 159 Å². The molecule has 1 unspecified atom stereocenters. The summed E-state index contributed by atoms with van der Waals surface area (Å²) in [6.45, 7) is 9.35. The van der Waals surface area contributed by atoms with Gasteiger partial charge < -0.3 is 25.2 Å². The van der Waals surface area contributed by atoms with Gasteiger partial charge in [0.2, 0.25) is 23.5 Å². The Morgan fingerprint density at radius 1 is 0.927 bits per heavy atom. The molecular formula is C43H54N4O8. The molecule has 294 valence electrons. The Hall–Kier alpha value is -5.13. The molecular weight excluding hydrogens is 700 g/mol. The van der Waals surface area contributed by atoms with Gasteiger partial charge in [0, 0.05) is 45.8 Å². The molecule has 2 aliphatic carbocycles. The summed E-state index contributed by atoms with van der Waals surface area (Å²) in [5, 5.41) is 5.54. The Morgan fingerprint density at radius 2 is 1.56 bits per heavy atom. The van der Waals surface area contributed by atoms with Crippen LogP contribution in [0.2, 0.25) is 0 Å². The van der Waals surface area contributed by atoms with E-state index in [0.29, 0.717) is 31.4 Å². The van der Waals surface area contributed by atoms with E-state index in [-0.39, 0.29) is 61.0 Å². The number of likely N-dealkylation sites (N-methyl/N-ethyl adjacent to an activating group) is 1. The van der Waals surface area contributed by atoms with E-state index in [1.165, 1.54) is 4.90 Å². The van der Waals surface area contributed by atoms with E-state index < -0.39 is 53.2 Å². The molecule has 4 amide bonds. The molecule has 5 rings (SSSR count). The minimum absolute atomic E-state index is 0.0589. The fourth-order valence-corrected chi connectivity index (χ4v) is 7.94. The summed E-state index contributed by atoms with van der Waals surface area (Å²) in [5.74, 6) is -4.21. The molecule has 6 atom stereocenters. The predicted octanol–water partition coefficient (Wildman–Crippen LogP) is 4.55. The second-order valence-electron chi connectivity index (χ2n) is 16.3. The number of hydrogen-bond acceptors (Lipinski definition) is 8. The number of carbonyl (C=O) groups excluding carboxylic acids is 7. The molecule has 1 saturated carbocycles. The molecule has 2 aromatic carbocycles. The van der Waals surface area contributed by atoms with Crippen LogP contribution in [0, 0.1) is 23.7 Å². The van der Waals surface area contributed by atoms with E-state index >= 15 is 0 Å². The monoisotopic (exact) mass is 754 g/mol. The maximum absolute atomic E-state index is 14.5. The van der Waals surface area contributed by atoms with Gasteiger partial charge in [0.25, 0.3) is 0 Å². The molecule has 0 spiro atoms. The number of hydrogen-bond donors (Lipinski definition) is 2. The zero-order valence-corrected chi connectivity index (χ0v) is 32.5. The van der Waals surface area contributed by atoms with E-state index in [2.05, 4.69) is 17.2 Å². The van der Waals surface area contributed by atoms with Crippen molar-refractivity contribution in [3.8, 4) is 0 Å². The van der Waals surface area contributed by atoms with Gasteiger partial charge in [-0.1, -0.05) is 60.7 Å². The van der Waals surface area contributed by atoms with E-state index in [9.17, 15) is 33.6 Å². The van der Waals surface area contributed by atoms with Crippen molar-refractivity contribution in [1.82, 2.24) is 20.4 Å². The van der Waals surface area contributed by atoms with E-state index in [4.69, 9.17) is 4.74 Å². The SMILES string of the molecule is C=CCCC(CC(=O)[C@@H]1[C@H]2C[C@H]2CN1C(=O)[C@@H](NC(=O)OC(C)(C)C)C1Cc2ccccc2C1)C(=O)C(=O)CCC(=O)N[C@H](C(=O)N(C)C)c1ccccc1. The van der Waals surface area contributed by atoms with Gasteiger partial charge in [-0.25, -0.2) is 4.79 Å². The van der Waals surface area contributed by atoms with Gasteiger partial charge in [-0.2, -0.15) is 0 Å². The summed E-state index contributed by atoms with van der Waals surface area (Å²) in [4.78, 5) is 97.4. The first-order valence-electron chi connectivity index (χ1n) is 19.2. The van der Waals surface area contributed by atoms with Crippen molar-refractivity contribution in [2.24, 2.45) is 23.7 Å². The number of rotatable bonds is 17. The largest absolute Gasteiger partial charge is 0.444 e. The number of carbonyl (C=O) groups is 7. The summed E-state index contributed by atoms with van der Waals surface area (Å²) in [6, 6.07) is 14.0. The number of benzene rings is 2. The first kappa shape index (κ1) is 41.0. The number of alkyl carbamates (subject to hydrolysis) is 1. The molecule has 3 aliphatic rings. The Labute approximate surface area is 323 Å². The molecule has 1 heterocycles. The summed E-state index contributed by atoms with van der Waals surface area (Å²) in [5.41, 5.74) is 2.01. The molecule has 0 radical (unpaired) electrons. The van der Waals surface area contributed by atoms with Gasteiger partial charge in [0.1, 0.15) is 17.7 Å². The summed E-state index contributed by atoms with van der Waals surface area (Å²) < 4.78 is 5.55. The maximum Gasteiger partial charge on any atom is 0.408 e. The zero-order chi connectivity index (χ0) is 40.0. The number of amides is 4. The lowest BCUT2D eigenvalue weighted by Gasteiger charge is -2.34. The number of ketones is 3. The second kappa shape index (κ2) is 17.6. The third-order valence-electron chi connectivity index (χ3n) is 10.8. The normalized spacial score (nSPS) is 20.2. The fourth-order valence-electron chi connectivity index (χ4n) is 7.94. The average Bonchev–Trinajstić information content (AvgIpc) is 3.59. The highest BCUT2D eigenvalue weighted by molar-refractivity contribution is 6.38. The van der Waals surface area contributed by atoms with Gasteiger partial charge in [-0.3, -0.25) is 28.8 Å². The second-order valence-corrected chi connectivity index (χ2v) is 16.3. The van der Waals surface area contributed by atoms with Crippen molar-refractivity contribution in [2.75, 3.05) is 20.6 Å². The zero-order valence-electron chi connectivity index (χ0n) is 32.5. The van der Waals surface area contributed by atoms with E-state index in [1.54, 1.807) is 76.2 Å². The van der Waals surface area contributed by atoms with Crippen LogP contribution in [0.5, 0.6) is 0 Å². The number of Topliss-reactive ketones (excluding diaryl/α,β-unsaturated/α-hetero) is 3. The van der Waals surface area contributed by atoms with Crippen LogP contribution >= 0.6 is 0 Å². The fraction of sp³-hybridized carbons (Fsp3) is 0.512. The minimum Gasteiger partial charge on any atom is -0.444 e. The molecule has 12 heteroatoms. The van der Waals surface area contributed by atoms with Crippen LogP contribution in [0.15, 0.2) is 67.3 Å². The van der Waals surface area contributed by atoms with Crippen LogP contribution in [-0.2, 0) is 46.3 Å². The van der Waals surface area contributed by atoms with Crippen molar-refractivity contribution in [3.63, 3.8) is 0 Å². The highest BCUT2D eigenvalue weighted by atomic mass is 16.6. The predicted molar refractivity (Wildman–Crippen MR) is 205 cm³/mol. The van der Waals surface area contributed by atoms with E-state index in [0.717, 1.165) is 17.5 Å². The number of piperidine rings is 1. The molecule has 1 aliphatic heterocycles. The smallest absolute Gasteiger partial charge is 0.408 e. The number of nitrogens with one attached hydrogen (secondary N) is 2. The highest BCUT2D eigenvalue weighted by Crippen LogP contribution is 2.51. The minimum atomic E-state index is -0.960. The number of nitrogens with zero attached hydrogens (tertiary/aromatic N) is 2. The van der Waals surface area contributed by atoms with Crippen LogP contribution in [0.3, 0.4) is 0 Å². The van der Waals surface area contributed by atoms with Crippen LogP contribution in [-0.4, -0.2) is 89.3 Å². The number of fused-ring (bicyclic) bond motifs is 2. The molecule has 2 N–H and O–H groups in total. The molecule has 0 bridgehead atoms. The van der Waals surface area contributed by atoms with Crippen molar-refractivity contribution in [3.05, 3.63) is 83.9 Å². The Kier molecular flexibility index (Phi) is 13.1. The van der Waals surface area contributed by atoms with Crippen LogP contribution in [0.25, 0.3) is 0 Å². The Balaban J connectivity index is 1.26. The summed E-state index contributed by atoms with van der Waals surface area (Å²) in [7, 11) is 3.16. The first-order chi connectivity index (χ1) is 26.1. The quantitative estimate of drug-likeness (QED) is 0.176. The summed E-state index contributed by atoms with van der Waals surface area (Å²) >= 11 is 0. The molecule has 12 nitrogen and oxygen atoms in total. The standard InChI is InChI=1S/C43H54N4O8/c1-7-8-14-29(39(51)33(48)19-20-35(50)44-36(40(52)46(5)6)26-15-10-9-11-16-26)24-34(49)38-32-23-31(32)25-47(38)41(53)37(45-42(54)55-43(2,3)4)30-21-27-17-12-13-18-28(27)22-30/h7,9-13,15-18,29-32,36-38H,1,8,14,19-25H2,2-6H3,(H,44,50)(H,45,54)/t29?,31-,32-,36-,37-,38-/m0/s1. The van der Waals surface area contributed by atoms with Crippen molar-refractivity contribution >= 4 is 41.2 Å². The average molecular weight is 755 g/mol. The molecule has 0 aromatic heterocycles. The lowest BCUT2D eigenvalue weighted by Crippen LogP contribution is -2.56. The summed E-state index contributed by atoms with van der Waals surface area (Å²) in [6.07, 6.45) is 2.48. The number of ether oxygens (including phenoxy) is 1. The van der Waals surface area contributed by atoms with E-state index in [1.807, 2.05) is 24.3 Å². The van der Waals surface area contributed by atoms with Gasteiger partial charge in [-0.15, -0.1) is 6.58 Å². The molecule has 55 heavy (non-hydrogen) atoms. The third-order valence-corrected chi connectivity index (χ3v) is 10.8. The number of allylic oxidation sites excluding steroid dienone is 1. The van der Waals surface area contributed by atoms with Crippen LogP contribution in [0.1, 0.15) is 82.0 Å². The van der Waals surface area contributed by atoms with Gasteiger partial charge >= 0.3 is 6.09 Å². The maximum atomic E-state index is 14.5. The van der Waals surface area contributed by atoms with Gasteiger partial charge in [0.15, 0.2) is 11.6 Å². The first-order valence-corrected chi connectivity index (χ1v) is 19.2. The van der Waals surface area contributed by atoms with Crippen molar-refractivity contribution in [1.29, 1.82) is 0 Å². The van der Waals surface area contributed by atoms with Crippen LogP contribution < -0.4 is 10.6 Å². The van der Waals surface area contributed by atoms with Crippen molar-refractivity contribution < 1.29 is 38.3 Å². The Morgan fingerprint density at radius 3 is 2.16 bits per heavy atom. The van der Waals surface area contributed by atoms with Crippen molar-refractivity contribution in [2.45, 2.75) is 95.9 Å². The lowest BCUT2D eigenvalue weighted by atomic mass is 9.86. The molecule has 2 aromatic rings. The lowest BCUT2D eigenvalue weighted by molar-refractivity contribution is -0.143. The van der Waals surface area contributed by atoms with Gasteiger partial charge in [0.05, 0.1) is 6.04 Å². The van der Waals surface area contributed by atoms with Crippen LogP contribution in [0.4, 0.5) is 4.79 Å². The third kappa shape index (κ3) is 10.3. The number of likely N-dealkylation sites (tertiary alicyclic amines) is 1. The molecule has 1 saturated heterocycles. The van der Waals surface area contributed by atoms with Gasteiger partial charge in [-0.05, 0) is 87.3 Å². The highest BCUT2D eigenvalue weighted by Gasteiger charge is 2.58. The molecule has 2 fully saturated rings. The Bertz CT molecular complexity index is 1780.